The van der Waals surface area contributed by atoms with Crippen LogP contribution in [0.5, 0.6) is 0 Å². The number of nitrogens with two attached hydrogens (primary N) is 1. The first-order chi connectivity index (χ1) is 4.24. The molecular formula is C6H11NO2. The predicted octanol–water partition coefficient (Wildman–Crippen LogP) is 0.569. The summed E-state index contributed by atoms with van der Waals surface area (Å²) >= 11 is 0. The molecule has 3 heteroatoms. The van der Waals surface area contributed by atoms with Crippen LogP contribution >= 0.6 is 0 Å². The van der Waals surface area contributed by atoms with Gasteiger partial charge in [-0.1, -0.05) is 0 Å². The molecule has 2 N–H and O–H groups in total. The maximum absolute atomic E-state index is 5.28. The second kappa shape index (κ2) is 2.27. The SMILES string of the molecule is CC1=C(C)OC(CN)O1. The van der Waals surface area contributed by atoms with E-state index in [4.69, 9.17) is 15.2 Å². The Morgan fingerprint density at radius 3 is 2.00 bits per heavy atom. The number of hydrogen-bond acceptors (Lipinski definition) is 3. The molecule has 52 valence electrons. The summed E-state index contributed by atoms with van der Waals surface area (Å²) in [6.07, 6.45) is -0.245. The van der Waals surface area contributed by atoms with Gasteiger partial charge in [-0.25, -0.2) is 0 Å². The van der Waals surface area contributed by atoms with Crippen molar-refractivity contribution in [3.05, 3.63) is 11.5 Å². The van der Waals surface area contributed by atoms with Crippen LogP contribution in [0.4, 0.5) is 0 Å². The smallest absolute Gasteiger partial charge is 0.252 e. The van der Waals surface area contributed by atoms with Gasteiger partial charge < -0.3 is 15.2 Å². The third-order valence-corrected chi connectivity index (χ3v) is 1.30. The molecule has 0 radical (unpaired) electrons. The predicted molar refractivity (Wildman–Crippen MR) is 33.4 cm³/mol. The monoisotopic (exact) mass is 129 g/mol. The van der Waals surface area contributed by atoms with Crippen molar-refractivity contribution in [1.82, 2.24) is 0 Å². The van der Waals surface area contributed by atoms with Gasteiger partial charge in [-0.2, -0.15) is 0 Å². The zero-order valence-electron chi connectivity index (χ0n) is 5.68. The van der Waals surface area contributed by atoms with Crippen LogP contribution in [0.3, 0.4) is 0 Å². The van der Waals surface area contributed by atoms with Crippen LogP contribution in [0.2, 0.25) is 0 Å². The molecule has 1 rings (SSSR count). The summed E-state index contributed by atoms with van der Waals surface area (Å²) in [5.41, 5.74) is 5.28. The van der Waals surface area contributed by atoms with E-state index in [0.29, 0.717) is 6.54 Å². The normalized spacial score (nSPS) is 19.9. The minimum Gasteiger partial charge on any atom is -0.455 e. The summed E-state index contributed by atoms with van der Waals surface area (Å²) in [4.78, 5) is 0. The van der Waals surface area contributed by atoms with Crippen LogP contribution in [-0.2, 0) is 9.47 Å². The Kier molecular flexibility index (Phi) is 1.62. The highest BCUT2D eigenvalue weighted by Crippen LogP contribution is 2.19. The summed E-state index contributed by atoms with van der Waals surface area (Å²) in [6.45, 7) is 4.14. The highest BCUT2D eigenvalue weighted by Gasteiger charge is 2.18. The average Bonchev–Trinajstić information content (AvgIpc) is 2.13. The number of rotatable bonds is 1. The van der Waals surface area contributed by atoms with E-state index in [0.717, 1.165) is 11.5 Å². The van der Waals surface area contributed by atoms with E-state index in [1.54, 1.807) is 0 Å². The van der Waals surface area contributed by atoms with Gasteiger partial charge >= 0.3 is 0 Å². The van der Waals surface area contributed by atoms with Gasteiger partial charge in [0.25, 0.3) is 6.29 Å². The molecule has 0 fully saturated rings. The molecule has 1 heterocycles. The molecule has 0 aromatic heterocycles. The number of ether oxygens (including phenoxy) is 2. The maximum atomic E-state index is 5.28. The lowest BCUT2D eigenvalue weighted by Crippen LogP contribution is -2.20. The van der Waals surface area contributed by atoms with Crippen LogP contribution < -0.4 is 5.73 Å². The van der Waals surface area contributed by atoms with Gasteiger partial charge in [0.05, 0.1) is 6.54 Å². The van der Waals surface area contributed by atoms with Crippen molar-refractivity contribution >= 4 is 0 Å². The van der Waals surface area contributed by atoms with E-state index in [1.165, 1.54) is 0 Å². The lowest BCUT2D eigenvalue weighted by atomic mass is 10.5. The summed E-state index contributed by atoms with van der Waals surface area (Å²) in [7, 11) is 0. The zero-order chi connectivity index (χ0) is 6.85. The molecule has 0 spiro atoms. The van der Waals surface area contributed by atoms with E-state index in [9.17, 15) is 0 Å². The Balaban J connectivity index is 2.48. The minimum absolute atomic E-state index is 0.245. The lowest BCUT2D eigenvalue weighted by Gasteiger charge is -2.06. The number of hydrogen-bond donors (Lipinski definition) is 1. The van der Waals surface area contributed by atoms with Crippen LogP contribution in [0.1, 0.15) is 13.8 Å². The van der Waals surface area contributed by atoms with Crippen LogP contribution in [-0.4, -0.2) is 12.8 Å². The topological polar surface area (TPSA) is 44.5 Å². The molecule has 0 atom stereocenters. The van der Waals surface area contributed by atoms with E-state index >= 15 is 0 Å². The highest BCUT2D eigenvalue weighted by atomic mass is 16.7. The van der Waals surface area contributed by atoms with Crippen LogP contribution in [0.25, 0.3) is 0 Å². The molecule has 1 aliphatic rings. The first kappa shape index (κ1) is 6.42. The first-order valence-corrected chi connectivity index (χ1v) is 2.95. The Morgan fingerprint density at radius 2 is 1.78 bits per heavy atom. The lowest BCUT2D eigenvalue weighted by molar-refractivity contribution is -0.0296. The summed E-state index contributed by atoms with van der Waals surface area (Å²) in [6, 6.07) is 0. The molecule has 0 bridgehead atoms. The van der Waals surface area contributed by atoms with E-state index in [1.807, 2.05) is 13.8 Å². The number of allylic oxidation sites excluding steroid dienone is 2. The third-order valence-electron chi connectivity index (χ3n) is 1.30. The molecule has 0 aromatic carbocycles. The molecule has 3 nitrogen and oxygen atoms in total. The van der Waals surface area contributed by atoms with Crippen LogP contribution in [0.15, 0.2) is 11.5 Å². The van der Waals surface area contributed by atoms with E-state index < -0.39 is 0 Å². The molecule has 9 heavy (non-hydrogen) atoms. The highest BCUT2D eigenvalue weighted by molar-refractivity contribution is 4.99. The van der Waals surface area contributed by atoms with Crippen molar-refractivity contribution < 1.29 is 9.47 Å². The van der Waals surface area contributed by atoms with Crippen molar-refractivity contribution in [2.24, 2.45) is 5.73 Å². The molecule has 0 saturated carbocycles. The van der Waals surface area contributed by atoms with Gasteiger partial charge in [0.1, 0.15) is 11.5 Å². The van der Waals surface area contributed by atoms with Gasteiger partial charge in [0.15, 0.2) is 0 Å². The van der Waals surface area contributed by atoms with Crippen molar-refractivity contribution in [3.8, 4) is 0 Å². The standard InChI is InChI=1S/C6H11NO2/c1-4-5(2)9-6(3-7)8-4/h6H,3,7H2,1-2H3. The third kappa shape index (κ3) is 1.16. The molecule has 1 aliphatic heterocycles. The fourth-order valence-corrected chi connectivity index (χ4v) is 0.681. The Bertz CT molecular complexity index is 128. The van der Waals surface area contributed by atoms with Gasteiger partial charge in [0, 0.05) is 0 Å². The molecule has 0 aliphatic carbocycles. The molecular weight excluding hydrogens is 118 g/mol. The Morgan fingerprint density at radius 1 is 1.33 bits per heavy atom. The molecule has 0 saturated heterocycles. The van der Waals surface area contributed by atoms with Gasteiger partial charge in [-0.15, -0.1) is 0 Å². The van der Waals surface area contributed by atoms with Crippen LogP contribution in [0, 0.1) is 0 Å². The zero-order valence-corrected chi connectivity index (χ0v) is 5.68. The summed E-state index contributed by atoms with van der Waals surface area (Å²) in [5.74, 6) is 1.68. The summed E-state index contributed by atoms with van der Waals surface area (Å²) in [5, 5.41) is 0. The van der Waals surface area contributed by atoms with Gasteiger partial charge in [-0.05, 0) is 13.8 Å². The second-order valence-corrected chi connectivity index (χ2v) is 2.01. The fourth-order valence-electron chi connectivity index (χ4n) is 0.681. The molecule has 0 amide bonds. The maximum Gasteiger partial charge on any atom is 0.252 e. The van der Waals surface area contributed by atoms with Gasteiger partial charge in [0.2, 0.25) is 0 Å². The largest absolute Gasteiger partial charge is 0.455 e. The van der Waals surface area contributed by atoms with Crippen molar-refractivity contribution in [1.29, 1.82) is 0 Å². The molecule has 0 aromatic rings. The summed E-state index contributed by atoms with van der Waals surface area (Å²) < 4.78 is 10.3. The quantitative estimate of drug-likeness (QED) is 0.563. The van der Waals surface area contributed by atoms with Crippen molar-refractivity contribution in [3.63, 3.8) is 0 Å². The average molecular weight is 129 g/mol. The van der Waals surface area contributed by atoms with E-state index in [2.05, 4.69) is 0 Å². The van der Waals surface area contributed by atoms with Crippen molar-refractivity contribution in [2.75, 3.05) is 6.54 Å². The Hall–Kier alpha value is -0.700. The van der Waals surface area contributed by atoms with Crippen molar-refractivity contribution in [2.45, 2.75) is 20.1 Å². The molecule has 0 unspecified atom stereocenters. The van der Waals surface area contributed by atoms with E-state index in [-0.39, 0.29) is 6.29 Å². The van der Waals surface area contributed by atoms with Gasteiger partial charge in [-0.3, -0.25) is 0 Å². The Labute approximate surface area is 54.4 Å². The minimum atomic E-state index is -0.245. The first-order valence-electron chi connectivity index (χ1n) is 2.95. The second-order valence-electron chi connectivity index (χ2n) is 2.01. The fraction of sp³-hybridized carbons (Fsp3) is 0.667.